The van der Waals surface area contributed by atoms with Crippen molar-refractivity contribution in [3.63, 3.8) is 0 Å². The van der Waals surface area contributed by atoms with Crippen LogP contribution in [0.1, 0.15) is 64.6 Å². The third-order valence-electron chi connectivity index (χ3n) is 5.40. The SMILES string of the molecule is CN=C(NCCCCn1ccnc1C)NCC1(CC(C)C)CCCC1. The second-order valence-corrected chi connectivity index (χ2v) is 8.03. The van der Waals surface area contributed by atoms with E-state index in [1.807, 2.05) is 13.2 Å². The number of imidazole rings is 1. The summed E-state index contributed by atoms with van der Waals surface area (Å²) in [6, 6.07) is 0. The summed E-state index contributed by atoms with van der Waals surface area (Å²) >= 11 is 0. The minimum Gasteiger partial charge on any atom is -0.356 e. The third-order valence-corrected chi connectivity index (χ3v) is 5.40. The molecule has 1 aromatic heterocycles. The monoisotopic (exact) mass is 347 g/mol. The van der Waals surface area contributed by atoms with E-state index in [1.54, 1.807) is 0 Å². The van der Waals surface area contributed by atoms with E-state index in [9.17, 15) is 0 Å². The number of hydrogen-bond donors (Lipinski definition) is 2. The average molecular weight is 348 g/mol. The van der Waals surface area contributed by atoms with E-state index < -0.39 is 0 Å². The van der Waals surface area contributed by atoms with Gasteiger partial charge in [-0.15, -0.1) is 0 Å². The first-order chi connectivity index (χ1) is 12.0. The Labute approximate surface area is 153 Å². The lowest BCUT2D eigenvalue weighted by atomic mass is 9.78. The fourth-order valence-corrected chi connectivity index (χ4v) is 4.19. The van der Waals surface area contributed by atoms with Crippen LogP contribution in [0.5, 0.6) is 0 Å². The maximum atomic E-state index is 4.40. The van der Waals surface area contributed by atoms with Gasteiger partial charge in [0.1, 0.15) is 5.82 Å². The Balaban J connectivity index is 1.67. The summed E-state index contributed by atoms with van der Waals surface area (Å²) in [6.45, 7) is 9.80. The summed E-state index contributed by atoms with van der Waals surface area (Å²) in [5.41, 5.74) is 0.477. The van der Waals surface area contributed by atoms with Gasteiger partial charge in [0.15, 0.2) is 5.96 Å². The fourth-order valence-electron chi connectivity index (χ4n) is 4.19. The summed E-state index contributed by atoms with van der Waals surface area (Å²) < 4.78 is 2.21. The zero-order chi connectivity index (χ0) is 18.1. The van der Waals surface area contributed by atoms with E-state index in [0.717, 1.165) is 50.2 Å². The Kier molecular flexibility index (Phi) is 7.79. The van der Waals surface area contributed by atoms with E-state index in [0.29, 0.717) is 5.41 Å². The Bertz CT molecular complexity index is 526. The van der Waals surface area contributed by atoms with Crippen LogP contribution in [-0.4, -0.2) is 35.6 Å². The van der Waals surface area contributed by atoms with E-state index >= 15 is 0 Å². The number of rotatable bonds is 9. The lowest BCUT2D eigenvalue weighted by Crippen LogP contribution is -2.43. The largest absolute Gasteiger partial charge is 0.356 e. The minimum absolute atomic E-state index is 0.477. The molecule has 1 heterocycles. The number of aryl methyl sites for hydroxylation is 2. The van der Waals surface area contributed by atoms with Gasteiger partial charge >= 0.3 is 0 Å². The highest BCUT2D eigenvalue weighted by Gasteiger charge is 2.34. The van der Waals surface area contributed by atoms with Gasteiger partial charge in [0, 0.05) is 39.1 Å². The van der Waals surface area contributed by atoms with Crippen molar-refractivity contribution >= 4 is 5.96 Å². The number of aliphatic imine (C=N–C) groups is 1. The number of guanidine groups is 1. The van der Waals surface area contributed by atoms with Gasteiger partial charge in [0.25, 0.3) is 0 Å². The smallest absolute Gasteiger partial charge is 0.190 e. The van der Waals surface area contributed by atoms with Crippen molar-refractivity contribution < 1.29 is 0 Å². The van der Waals surface area contributed by atoms with Crippen molar-refractivity contribution in [1.29, 1.82) is 0 Å². The van der Waals surface area contributed by atoms with Crippen LogP contribution in [0.2, 0.25) is 0 Å². The number of aromatic nitrogens is 2. The van der Waals surface area contributed by atoms with Crippen molar-refractivity contribution in [3.8, 4) is 0 Å². The molecule has 1 aliphatic rings. The van der Waals surface area contributed by atoms with E-state index in [-0.39, 0.29) is 0 Å². The van der Waals surface area contributed by atoms with Crippen molar-refractivity contribution in [2.45, 2.75) is 72.3 Å². The zero-order valence-electron chi connectivity index (χ0n) is 16.6. The van der Waals surface area contributed by atoms with Gasteiger partial charge in [0.05, 0.1) is 0 Å². The first kappa shape index (κ1) is 19.8. The van der Waals surface area contributed by atoms with E-state index in [4.69, 9.17) is 0 Å². The number of unbranched alkanes of at least 4 members (excludes halogenated alkanes) is 1. The summed E-state index contributed by atoms with van der Waals surface area (Å²) in [6.07, 6.45) is 13.0. The molecule has 1 saturated carbocycles. The summed E-state index contributed by atoms with van der Waals surface area (Å²) in [4.78, 5) is 8.66. The number of hydrogen-bond acceptors (Lipinski definition) is 2. The van der Waals surface area contributed by atoms with Gasteiger partial charge in [-0.25, -0.2) is 4.98 Å². The third kappa shape index (κ3) is 6.37. The highest BCUT2D eigenvalue weighted by atomic mass is 15.2. The first-order valence-electron chi connectivity index (χ1n) is 9.97. The number of nitrogens with one attached hydrogen (secondary N) is 2. The average Bonchev–Trinajstić information content (AvgIpc) is 3.19. The van der Waals surface area contributed by atoms with Gasteiger partial charge in [-0.2, -0.15) is 0 Å². The van der Waals surface area contributed by atoms with Crippen LogP contribution in [0.15, 0.2) is 17.4 Å². The highest BCUT2D eigenvalue weighted by Crippen LogP contribution is 2.42. The van der Waals surface area contributed by atoms with Crippen LogP contribution in [0.3, 0.4) is 0 Å². The minimum atomic E-state index is 0.477. The summed E-state index contributed by atoms with van der Waals surface area (Å²) in [5.74, 6) is 2.81. The topological polar surface area (TPSA) is 54.2 Å². The molecule has 0 aromatic carbocycles. The van der Waals surface area contributed by atoms with Crippen molar-refractivity contribution in [3.05, 3.63) is 18.2 Å². The molecule has 0 aliphatic heterocycles. The van der Waals surface area contributed by atoms with Crippen LogP contribution >= 0.6 is 0 Å². The molecule has 25 heavy (non-hydrogen) atoms. The second kappa shape index (κ2) is 9.83. The molecule has 0 atom stereocenters. The molecule has 5 nitrogen and oxygen atoms in total. The van der Waals surface area contributed by atoms with Gasteiger partial charge < -0.3 is 15.2 Å². The predicted molar refractivity (Wildman–Crippen MR) is 106 cm³/mol. The lowest BCUT2D eigenvalue weighted by Gasteiger charge is -2.32. The van der Waals surface area contributed by atoms with Crippen LogP contribution in [-0.2, 0) is 6.54 Å². The molecule has 0 unspecified atom stereocenters. The Morgan fingerprint density at radius 3 is 2.64 bits per heavy atom. The Hall–Kier alpha value is -1.52. The molecule has 2 N–H and O–H groups in total. The van der Waals surface area contributed by atoms with Crippen LogP contribution in [0.4, 0.5) is 0 Å². The molecule has 0 saturated heterocycles. The first-order valence-corrected chi connectivity index (χ1v) is 9.97. The molecule has 1 aromatic rings. The molecular formula is C20H37N5. The molecule has 0 spiro atoms. The Morgan fingerprint density at radius 2 is 2.04 bits per heavy atom. The van der Waals surface area contributed by atoms with E-state index in [2.05, 4.69) is 52.1 Å². The Morgan fingerprint density at radius 1 is 1.28 bits per heavy atom. The van der Waals surface area contributed by atoms with Gasteiger partial charge in [-0.3, -0.25) is 4.99 Å². The molecule has 1 fully saturated rings. The summed E-state index contributed by atoms with van der Waals surface area (Å²) in [5, 5.41) is 7.07. The molecule has 0 amide bonds. The molecule has 0 bridgehead atoms. The molecule has 0 radical (unpaired) electrons. The molecular weight excluding hydrogens is 310 g/mol. The quantitative estimate of drug-likeness (QED) is 0.406. The van der Waals surface area contributed by atoms with E-state index in [1.165, 1.54) is 32.1 Å². The predicted octanol–water partition coefficient (Wildman–Crippen LogP) is 3.74. The number of nitrogens with zero attached hydrogens (tertiary/aromatic N) is 3. The molecule has 142 valence electrons. The van der Waals surface area contributed by atoms with Crippen LogP contribution in [0, 0.1) is 18.3 Å². The van der Waals surface area contributed by atoms with Crippen molar-refractivity contribution in [2.24, 2.45) is 16.3 Å². The standard InChI is InChI=1S/C20H37N5/c1-17(2)15-20(9-5-6-10-20)16-24-19(21-4)23-11-7-8-13-25-14-12-22-18(25)3/h12,14,17H,5-11,13,15-16H2,1-4H3,(H2,21,23,24). The van der Waals surface area contributed by atoms with Gasteiger partial charge in [0.2, 0.25) is 0 Å². The summed E-state index contributed by atoms with van der Waals surface area (Å²) in [7, 11) is 1.87. The maximum Gasteiger partial charge on any atom is 0.190 e. The van der Waals surface area contributed by atoms with Gasteiger partial charge in [-0.1, -0.05) is 26.7 Å². The normalized spacial score (nSPS) is 17.2. The zero-order valence-corrected chi connectivity index (χ0v) is 16.6. The fraction of sp³-hybridized carbons (Fsp3) is 0.800. The highest BCUT2D eigenvalue weighted by molar-refractivity contribution is 5.79. The molecule has 1 aliphatic carbocycles. The van der Waals surface area contributed by atoms with Gasteiger partial charge in [-0.05, 0) is 50.4 Å². The van der Waals surface area contributed by atoms with Crippen molar-refractivity contribution in [2.75, 3.05) is 20.1 Å². The van der Waals surface area contributed by atoms with Crippen LogP contribution < -0.4 is 10.6 Å². The molecule has 5 heteroatoms. The second-order valence-electron chi connectivity index (χ2n) is 8.03. The lowest BCUT2D eigenvalue weighted by molar-refractivity contribution is 0.235. The van der Waals surface area contributed by atoms with Crippen LogP contribution in [0.25, 0.3) is 0 Å². The molecule has 2 rings (SSSR count). The van der Waals surface area contributed by atoms with Crippen molar-refractivity contribution in [1.82, 2.24) is 20.2 Å². The maximum absolute atomic E-state index is 4.40.